The van der Waals surface area contributed by atoms with Gasteiger partial charge in [-0.3, -0.25) is 4.79 Å². The van der Waals surface area contributed by atoms with Gasteiger partial charge in [0.05, 0.1) is 3.57 Å². The number of nitrogens with two attached hydrogens (primary N) is 1. The maximum absolute atomic E-state index is 10.8. The molecule has 7 heteroatoms. The molecule has 0 radical (unpaired) electrons. The number of phenols is 1. The molecule has 0 amide bonds. The number of halogens is 2. The second-order valence-corrected chi connectivity index (χ2v) is 6.94. The maximum Gasteiger partial charge on any atom is 0.320 e. The lowest BCUT2D eigenvalue weighted by Crippen LogP contribution is -2.32. The van der Waals surface area contributed by atoms with Gasteiger partial charge >= 0.3 is 5.97 Å². The molecule has 0 aromatic heterocycles. The molecule has 4 N–H and O–H groups in total. The van der Waals surface area contributed by atoms with E-state index in [2.05, 4.69) is 45.2 Å². The first-order chi connectivity index (χ1) is 10.4. The van der Waals surface area contributed by atoms with E-state index in [1.165, 1.54) is 0 Å². The molecule has 0 saturated carbocycles. The first kappa shape index (κ1) is 17.3. The average molecular weight is 525 g/mol. The largest absolute Gasteiger partial charge is 0.508 e. The van der Waals surface area contributed by atoms with Gasteiger partial charge in [0.25, 0.3) is 0 Å². The molecule has 0 spiro atoms. The van der Waals surface area contributed by atoms with Gasteiger partial charge in [0, 0.05) is 3.57 Å². The predicted octanol–water partition coefficient (Wildman–Crippen LogP) is 3.35. The van der Waals surface area contributed by atoms with Crippen LogP contribution in [0, 0.1) is 7.14 Å². The predicted molar refractivity (Wildman–Crippen MR) is 99.4 cm³/mol. The minimum atomic E-state index is -1.02. The summed E-state index contributed by atoms with van der Waals surface area (Å²) in [5.41, 5.74) is 6.42. The number of carboxylic acid groups (broad SMARTS) is 1. The topological polar surface area (TPSA) is 92.8 Å². The highest BCUT2D eigenvalue weighted by molar-refractivity contribution is 14.1. The van der Waals surface area contributed by atoms with Crippen molar-refractivity contribution in [3.05, 3.63) is 49.1 Å². The monoisotopic (exact) mass is 525 g/mol. The molecule has 22 heavy (non-hydrogen) atoms. The molecule has 2 aromatic rings. The van der Waals surface area contributed by atoms with Gasteiger partial charge in [-0.15, -0.1) is 0 Å². The molecule has 2 aromatic carbocycles. The molecule has 0 aliphatic heterocycles. The summed E-state index contributed by atoms with van der Waals surface area (Å²) >= 11 is 4.21. The lowest BCUT2D eigenvalue weighted by molar-refractivity contribution is -0.138. The fraction of sp³-hybridized carbons (Fsp3) is 0.133. The Hall–Kier alpha value is -1.07. The van der Waals surface area contributed by atoms with E-state index in [9.17, 15) is 9.90 Å². The zero-order chi connectivity index (χ0) is 16.3. The van der Waals surface area contributed by atoms with Crippen molar-refractivity contribution in [2.24, 2.45) is 5.73 Å². The Morgan fingerprint density at radius 3 is 2.50 bits per heavy atom. The van der Waals surface area contributed by atoms with Crippen molar-refractivity contribution in [1.82, 2.24) is 0 Å². The number of aliphatic carboxylic acids is 1. The Morgan fingerprint density at radius 1 is 1.18 bits per heavy atom. The fourth-order valence-electron chi connectivity index (χ4n) is 1.78. The Morgan fingerprint density at radius 2 is 1.91 bits per heavy atom. The Kier molecular flexibility index (Phi) is 5.87. The number of aromatic hydroxyl groups is 1. The SMILES string of the molecule is N[C@@H](Cc1ccc(Oc2ccc(O)cc2I)cc1I)C(=O)O. The van der Waals surface area contributed by atoms with Gasteiger partial charge < -0.3 is 20.7 Å². The fourth-order valence-corrected chi connectivity index (χ4v) is 3.10. The van der Waals surface area contributed by atoms with Gasteiger partial charge in [-0.25, -0.2) is 0 Å². The second-order valence-electron chi connectivity index (χ2n) is 4.62. The zero-order valence-corrected chi connectivity index (χ0v) is 15.6. The third kappa shape index (κ3) is 4.46. The van der Waals surface area contributed by atoms with E-state index in [1.54, 1.807) is 24.3 Å². The summed E-state index contributed by atoms with van der Waals surface area (Å²) in [6, 6.07) is 9.36. The quantitative estimate of drug-likeness (QED) is 0.522. The zero-order valence-electron chi connectivity index (χ0n) is 11.3. The average Bonchev–Trinajstić information content (AvgIpc) is 2.44. The molecule has 0 aliphatic rings. The van der Waals surface area contributed by atoms with Crippen LogP contribution in [0.4, 0.5) is 0 Å². The Balaban J connectivity index is 2.17. The molecule has 0 heterocycles. The molecule has 116 valence electrons. The molecule has 5 nitrogen and oxygen atoms in total. The van der Waals surface area contributed by atoms with E-state index in [0.717, 1.165) is 12.7 Å². The van der Waals surface area contributed by atoms with E-state index >= 15 is 0 Å². The summed E-state index contributed by atoms with van der Waals surface area (Å²) in [5.74, 6) is 0.448. The molecule has 0 unspecified atom stereocenters. The highest BCUT2D eigenvalue weighted by Crippen LogP contribution is 2.30. The van der Waals surface area contributed by atoms with Crippen LogP contribution in [0.15, 0.2) is 36.4 Å². The number of phenolic OH excluding ortho intramolecular Hbond substituents is 1. The van der Waals surface area contributed by atoms with Crippen molar-refractivity contribution in [2.45, 2.75) is 12.5 Å². The minimum absolute atomic E-state index is 0.185. The van der Waals surface area contributed by atoms with Crippen molar-refractivity contribution in [3.63, 3.8) is 0 Å². The van der Waals surface area contributed by atoms with Crippen LogP contribution in [0.2, 0.25) is 0 Å². The molecular formula is C15H13I2NO4. The molecular weight excluding hydrogens is 512 g/mol. The van der Waals surface area contributed by atoms with Crippen molar-refractivity contribution in [2.75, 3.05) is 0 Å². The minimum Gasteiger partial charge on any atom is -0.508 e. The third-order valence-corrected chi connectivity index (χ3v) is 4.77. The number of hydrogen-bond donors (Lipinski definition) is 3. The number of carbonyl (C=O) groups is 1. The number of ether oxygens (including phenoxy) is 1. The second kappa shape index (κ2) is 7.47. The summed E-state index contributed by atoms with van der Waals surface area (Å²) in [6.45, 7) is 0. The van der Waals surface area contributed by atoms with E-state index in [1.807, 2.05) is 12.1 Å². The van der Waals surface area contributed by atoms with Crippen molar-refractivity contribution in [1.29, 1.82) is 0 Å². The first-order valence-electron chi connectivity index (χ1n) is 6.30. The van der Waals surface area contributed by atoms with Crippen LogP contribution in [0.3, 0.4) is 0 Å². The molecule has 1 atom stereocenters. The van der Waals surface area contributed by atoms with Gasteiger partial charge in [0.2, 0.25) is 0 Å². The smallest absolute Gasteiger partial charge is 0.320 e. The highest BCUT2D eigenvalue weighted by atomic mass is 127. The standard InChI is InChI=1S/C15H13I2NO4/c16-11-7-10(3-1-8(11)5-13(18)15(20)21)22-14-4-2-9(19)6-12(14)17/h1-4,6-7,13,19H,5,18H2,(H,20,21)/t13-/m0/s1. The number of hydrogen-bond acceptors (Lipinski definition) is 4. The van der Waals surface area contributed by atoms with Crippen LogP contribution < -0.4 is 10.5 Å². The molecule has 2 rings (SSSR count). The molecule has 0 fully saturated rings. The van der Waals surface area contributed by atoms with E-state index in [0.29, 0.717) is 11.5 Å². The third-order valence-electron chi connectivity index (χ3n) is 2.92. The summed E-state index contributed by atoms with van der Waals surface area (Å²) in [6.07, 6.45) is 0.268. The van der Waals surface area contributed by atoms with Gasteiger partial charge in [-0.2, -0.15) is 0 Å². The Labute approximate surface area is 154 Å². The lowest BCUT2D eigenvalue weighted by atomic mass is 10.1. The van der Waals surface area contributed by atoms with E-state index in [-0.39, 0.29) is 12.2 Å². The summed E-state index contributed by atoms with van der Waals surface area (Å²) in [4.78, 5) is 10.8. The van der Waals surface area contributed by atoms with E-state index in [4.69, 9.17) is 15.6 Å². The number of rotatable bonds is 5. The van der Waals surface area contributed by atoms with Gasteiger partial charge in [-0.1, -0.05) is 6.07 Å². The first-order valence-corrected chi connectivity index (χ1v) is 8.45. The summed E-state index contributed by atoms with van der Waals surface area (Å²) in [5, 5.41) is 18.3. The van der Waals surface area contributed by atoms with E-state index < -0.39 is 12.0 Å². The van der Waals surface area contributed by atoms with Crippen LogP contribution in [-0.2, 0) is 11.2 Å². The highest BCUT2D eigenvalue weighted by Gasteiger charge is 2.14. The Bertz CT molecular complexity index is 706. The normalized spacial score (nSPS) is 12.0. The summed E-state index contributed by atoms with van der Waals surface area (Å²) < 4.78 is 7.47. The van der Waals surface area contributed by atoms with Crippen molar-refractivity contribution in [3.8, 4) is 17.2 Å². The van der Waals surface area contributed by atoms with Gasteiger partial charge in [-0.05, 0) is 87.5 Å². The summed E-state index contributed by atoms with van der Waals surface area (Å²) in [7, 11) is 0. The van der Waals surface area contributed by atoms with Gasteiger partial charge in [0.15, 0.2) is 0 Å². The molecule has 0 bridgehead atoms. The maximum atomic E-state index is 10.8. The molecule has 0 saturated heterocycles. The van der Waals surface area contributed by atoms with Crippen LogP contribution in [0.25, 0.3) is 0 Å². The van der Waals surface area contributed by atoms with Crippen LogP contribution >= 0.6 is 45.2 Å². The molecule has 0 aliphatic carbocycles. The van der Waals surface area contributed by atoms with Crippen LogP contribution in [0.1, 0.15) is 5.56 Å². The van der Waals surface area contributed by atoms with Crippen molar-refractivity contribution < 1.29 is 19.7 Å². The van der Waals surface area contributed by atoms with Crippen LogP contribution in [-0.4, -0.2) is 22.2 Å². The number of carboxylic acids is 1. The van der Waals surface area contributed by atoms with Crippen molar-refractivity contribution >= 4 is 51.2 Å². The van der Waals surface area contributed by atoms with Crippen LogP contribution in [0.5, 0.6) is 17.2 Å². The van der Waals surface area contributed by atoms with Gasteiger partial charge in [0.1, 0.15) is 23.3 Å². The lowest BCUT2D eigenvalue weighted by Gasteiger charge is -2.12. The number of benzene rings is 2.